The van der Waals surface area contributed by atoms with Crippen LogP contribution in [0.1, 0.15) is 52.4 Å². The number of rotatable bonds is 8. The molecule has 3 heteroatoms. The van der Waals surface area contributed by atoms with Gasteiger partial charge in [0.05, 0.1) is 0 Å². The molecule has 0 amide bonds. The van der Waals surface area contributed by atoms with Gasteiger partial charge in [0.2, 0.25) is 0 Å². The number of carbonyl (C=O) groups excluding carboxylic acids is 1. The Morgan fingerprint density at radius 1 is 1.29 bits per heavy atom. The first-order valence-corrected chi connectivity index (χ1v) is 6.96. The third-order valence-electron chi connectivity index (χ3n) is 2.12. The molecule has 0 saturated carbocycles. The first-order valence-electron chi connectivity index (χ1n) is 5.43. The Balaban J connectivity index is 3.66. The fourth-order valence-electron chi connectivity index (χ4n) is 1.42. The topological polar surface area (TPSA) is 26.3 Å². The molecule has 0 bridgehead atoms. The molecule has 0 radical (unpaired) electrons. The molecule has 84 valence electrons. The van der Waals surface area contributed by atoms with Gasteiger partial charge in [0, 0.05) is 6.92 Å². The average molecular weight is 312 g/mol. The molecule has 2 nitrogen and oxygen atoms in total. The highest BCUT2D eigenvalue weighted by atomic mass is 127. The predicted octanol–water partition coefficient (Wildman–Crippen LogP) is 3.71. The van der Waals surface area contributed by atoms with Crippen molar-refractivity contribution in [3.63, 3.8) is 0 Å². The second kappa shape index (κ2) is 9.74. The monoisotopic (exact) mass is 312 g/mol. The molecule has 0 unspecified atom stereocenters. The summed E-state index contributed by atoms with van der Waals surface area (Å²) in [5, 5.41) is 0. The minimum atomic E-state index is -0.139. The summed E-state index contributed by atoms with van der Waals surface area (Å²) in [5.41, 5.74) is 0. The maximum atomic E-state index is 10.8. The van der Waals surface area contributed by atoms with E-state index in [1.54, 1.807) is 0 Å². The van der Waals surface area contributed by atoms with E-state index in [1.807, 2.05) is 0 Å². The van der Waals surface area contributed by atoms with Gasteiger partial charge in [-0.1, -0.05) is 42.4 Å². The molecular weight excluding hydrogens is 291 g/mol. The summed E-state index contributed by atoms with van der Waals surface area (Å²) in [4.78, 5) is 10.8. The van der Waals surface area contributed by atoms with E-state index in [0.29, 0.717) is 0 Å². The summed E-state index contributed by atoms with van der Waals surface area (Å²) >= 11 is 2.36. The van der Waals surface area contributed by atoms with Crippen molar-refractivity contribution in [1.82, 2.24) is 0 Å². The highest BCUT2D eigenvalue weighted by Crippen LogP contribution is 2.13. The zero-order valence-electron chi connectivity index (χ0n) is 9.22. The molecule has 0 aromatic rings. The zero-order valence-corrected chi connectivity index (χ0v) is 11.4. The van der Waals surface area contributed by atoms with Crippen LogP contribution in [0.2, 0.25) is 0 Å². The predicted molar refractivity (Wildman–Crippen MR) is 67.8 cm³/mol. The highest BCUT2D eigenvalue weighted by Gasteiger charge is 2.10. The van der Waals surface area contributed by atoms with Crippen LogP contribution in [0.4, 0.5) is 0 Å². The summed E-state index contributed by atoms with van der Waals surface area (Å²) in [6, 6.07) is 0. The van der Waals surface area contributed by atoms with Crippen molar-refractivity contribution in [2.45, 2.75) is 58.5 Å². The number of carbonyl (C=O) groups is 1. The third-order valence-corrected chi connectivity index (χ3v) is 2.88. The molecule has 0 saturated heterocycles. The van der Waals surface area contributed by atoms with Gasteiger partial charge in [-0.25, -0.2) is 0 Å². The van der Waals surface area contributed by atoms with E-state index in [-0.39, 0.29) is 12.1 Å². The van der Waals surface area contributed by atoms with Crippen LogP contribution >= 0.6 is 22.6 Å². The molecule has 0 rings (SSSR count). The molecule has 0 aliphatic carbocycles. The Bertz CT molecular complexity index is 148. The van der Waals surface area contributed by atoms with Gasteiger partial charge in [0.15, 0.2) is 0 Å². The normalized spacial score (nSPS) is 12.5. The zero-order chi connectivity index (χ0) is 10.8. The second-order valence-electron chi connectivity index (χ2n) is 3.56. The van der Waals surface area contributed by atoms with Crippen molar-refractivity contribution < 1.29 is 9.53 Å². The van der Waals surface area contributed by atoms with Gasteiger partial charge < -0.3 is 4.74 Å². The van der Waals surface area contributed by atoms with E-state index >= 15 is 0 Å². The van der Waals surface area contributed by atoms with E-state index in [9.17, 15) is 4.79 Å². The Morgan fingerprint density at radius 2 is 1.93 bits per heavy atom. The van der Waals surface area contributed by atoms with Gasteiger partial charge in [0.1, 0.15) is 6.10 Å². The van der Waals surface area contributed by atoms with Gasteiger partial charge >= 0.3 is 5.97 Å². The van der Waals surface area contributed by atoms with E-state index in [0.717, 1.165) is 23.7 Å². The van der Waals surface area contributed by atoms with E-state index in [1.165, 1.54) is 26.2 Å². The first kappa shape index (κ1) is 14.2. The second-order valence-corrected chi connectivity index (χ2v) is 4.64. The lowest BCUT2D eigenvalue weighted by molar-refractivity contribution is -0.147. The number of unbranched alkanes of at least 4 members (excludes halogenated alkanes) is 2. The summed E-state index contributed by atoms with van der Waals surface area (Å²) in [5.74, 6) is -0.139. The van der Waals surface area contributed by atoms with E-state index < -0.39 is 0 Å². The molecule has 1 atom stereocenters. The molecule has 0 fully saturated rings. The Kier molecular flexibility index (Phi) is 9.88. The third kappa shape index (κ3) is 8.78. The van der Waals surface area contributed by atoms with Crippen LogP contribution in [0.25, 0.3) is 0 Å². The smallest absolute Gasteiger partial charge is 0.302 e. The minimum Gasteiger partial charge on any atom is -0.463 e. The number of halogens is 1. The lowest BCUT2D eigenvalue weighted by Gasteiger charge is -2.16. The SMILES string of the molecule is CCCCC[C@@H](CCCI)OC(C)=O. The van der Waals surface area contributed by atoms with Crippen LogP contribution in [-0.2, 0) is 9.53 Å². The van der Waals surface area contributed by atoms with Crippen molar-refractivity contribution >= 4 is 28.6 Å². The Morgan fingerprint density at radius 3 is 2.43 bits per heavy atom. The lowest BCUT2D eigenvalue weighted by Crippen LogP contribution is -2.16. The molecule has 0 spiro atoms. The van der Waals surface area contributed by atoms with Crippen LogP contribution in [0.5, 0.6) is 0 Å². The molecule has 0 aromatic carbocycles. The van der Waals surface area contributed by atoms with Crippen molar-refractivity contribution in [2.75, 3.05) is 4.43 Å². The van der Waals surface area contributed by atoms with Crippen LogP contribution in [0, 0.1) is 0 Å². The quantitative estimate of drug-likeness (QED) is 0.295. The molecule has 0 N–H and O–H groups in total. The van der Waals surface area contributed by atoms with Crippen molar-refractivity contribution in [1.29, 1.82) is 0 Å². The molecular formula is C11H21IO2. The molecule has 0 heterocycles. The van der Waals surface area contributed by atoms with Crippen LogP contribution in [0.3, 0.4) is 0 Å². The fraction of sp³-hybridized carbons (Fsp3) is 0.909. The highest BCUT2D eigenvalue weighted by molar-refractivity contribution is 14.1. The number of ether oxygens (including phenoxy) is 1. The maximum absolute atomic E-state index is 10.8. The summed E-state index contributed by atoms with van der Waals surface area (Å²) < 4.78 is 6.40. The number of alkyl halides is 1. The summed E-state index contributed by atoms with van der Waals surface area (Å²) in [6.07, 6.45) is 6.99. The minimum absolute atomic E-state index is 0.139. The van der Waals surface area contributed by atoms with Gasteiger partial charge in [-0.2, -0.15) is 0 Å². The van der Waals surface area contributed by atoms with Gasteiger partial charge in [0.25, 0.3) is 0 Å². The van der Waals surface area contributed by atoms with Gasteiger partial charge in [-0.05, 0) is 30.1 Å². The average Bonchev–Trinajstić information content (AvgIpc) is 2.13. The Hall–Kier alpha value is 0.200. The van der Waals surface area contributed by atoms with Gasteiger partial charge in [-0.3, -0.25) is 4.79 Å². The number of esters is 1. The largest absolute Gasteiger partial charge is 0.463 e. The van der Waals surface area contributed by atoms with E-state index in [4.69, 9.17) is 4.74 Å². The van der Waals surface area contributed by atoms with Gasteiger partial charge in [-0.15, -0.1) is 0 Å². The fourth-order valence-corrected chi connectivity index (χ4v) is 1.86. The van der Waals surface area contributed by atoms with Crippen molar-refractivity contribution in [3.05, 3.63) is 0 Å². The number of hydrogen-bond acceptors (Lipinski definition) is 2. The summed E-state index contributed by atoms with van der Waals surface area (Å²) in [7, 11) is 0. The molecule has 0 aliphatic heterocycles. The van der Waals surface area contributed by atoms with Crippen LogP contribution < -0.4 is 0 Å². The van der Waals surface area contributed by atoms with Crippen LogP contribution in [-0.4, -0.2) is 16.5 Å². The van der Waals surface area contributed by atoms with Crippen LogP contribution in [0.15, 0.2) is 0 Å². The molecule has 0 aliphatic rings. The first-order chi connectivity index (χ1) is 6.70. The number of hydrogen-bond donors (Lipinski definition) is 0. The van der Waals surface area contributed by atoms with Crippen molar-refractivity contribution in [3.8, 4) is 0 Å². The molecule has 0 aromatic heterocycles. The summed E-state index contributed by atoms with van der Waals surface area (Å²) in [6.45, 7) is 3.68. The van der Waals surface area contributed by atoms with Crippen molar-refractivity contribution in [2.24, 2.45) is 0 Å². The standard InChI is InChI=1S/C11H21IO2/c1-3-4-5-7-11(8-6-9-12)14-10(2)13/h11H,3-9H2,1-2H3/t11-/m0/s1. The lowest BCUT2D eigenvalue weighted by atomic mass is 10.1. The van der Waals surface area contributed by atoms with E-state index in [2.05, 4.69) is 29.5 Å². The maximum Gasteiger partial charge on any atom is 0.302 e. The molecule has 14 heavy (non-hydrogen) atoms. The Labute approximate surface area is 101 Å².